The topological polar surface area (TPSA) is 59.1 Å². The lowest BCUT2D eigenvalue weighted by Crippen LogP contribution is -2.39. The highest BCUT2D eigenvalue weighted by molar-refractivity contribution is 5.96. The second-order valence-corrected chi connectivity index (χ2v) is 7.68. The number of hydrogen-bond donors (Lipinski definition) is 0. The zero-order valence-electron chi connectivity index (χ0n) is 17.7. The van der Waals surface area contributed by atoms with Gasteiger partial charge in [0, 0.05) is 31.6 Å². The van der Waals surface area contributed by atoms with E-state index in [1.54, 1.807) is 31.2 Å². The molecule has 2 amide bonds. The van der Waals surface area contributed by atoms with Crippen LogP contribution in [0.5, 0.6) is 11.5 Å². The third-order valence-electron chi connectivity index (χ3n) is 5.13. The molecule has 0 aliphatic carbocycles. The van der Waals surface area contributed by atoms with E-state index < -0.39 is 5.82 Å². The standard InChI is InChI=1S/C23H27FN2O4/c1-15(2)30-21-10-16(8-9-20(21)29-4)17-11-22(27)26(13-17)14-23(28)25(3)19-7-5-6-18(24)12-19/h5-10,12,15,17H,11,13-14H2,1-4H3/t17-/m1/s1. The lowest BCUT2D eigenvalue weighted by atomic mass is 9.98. The Labute approximate surface area is 176 Å². The highest BCUT2D eigenvalue weighted by Gasteiger charge is 2.33. The third kappa shape index (κ3) is 4.90. The van der Waals surface area contributed by atoms with E-state index in [0.29, 0.717) is 30.2 Å². The number of methoxy groups -OCH3 is 1. The second kappa shape index (κ2) is 9.15. The minimum absolute atomic E-state index is 0.00756. The monoisotopic (exact) mass is 414 g/mol. The van der Waals surface area contributed by atoms with Crippen molar-refractivity contribution in [2.45, 2.75) is 32.3 Å². The molecule has 2 aromatic carbocycles. The molecule has 1 aliphatic rings. The van der Waals surface area contributed by atoms with Gasteiger partial charge in [-0.15, -0.1) is 0 Å². The second-order valence-electron chi connectivity index (χ2n) is 7.68. The number of ether oxygens (including phenoxy) is 2. The van der Waals surface area contributed by atoms with Gasteiger partial charge in [-0.2, -0.15) is 0 Å². The Kier molecular flexibility index (Phi) is 6.59. The Morgan fingerprint density at radius 1 is 1.23 bits per heavy atom. The minimum atomic E-state index is -0.414. The molecule has 1 heterocycles. The van der Waals surface area contributed by atoms with Gasteiger partial charge in [0.2, 0.25) is 11.8 Å². The normalized spacial score (nSPS) is 16.1. The number of halogens is 1. The molecule has 2 aromatic rings. The summed E-state index contributed by atoms with van der Waals surface area (Å²) in [5.74, 6) is 0.475. The molecule has 1 fully saturated rings. The van der Waals surface area contributed by atoms with Crippen molar-refractivity contribution in [3.63, 3.8) is 0 Å². The minimum Gasteiger partial charge on any atom is -0.493 e. The van der Waals surface area contributed by atoms with Crippen LogP contribution in [-0.4, -0.2) is 50.1 Å². The average Bonchev–Trinajstić information content (AvgIpc) is 3.07. The fourth-order valence-electron chi connectivity index (χ4n) is 3.54. The molecule has 6 nitrogen and oxygen atoms in total. The average molecular weight is 414 g/mol. The SMILES string of the molecule is COc1ccc([C@@H]2CC(=O)N(CC(=O)N(C)c3cccc(F)c3)C2)cc1OC(C)C. The van der Waals surface area contributed by atoms with Gasteiger partial charge in [0.25, 0.3) is 0 Å². The van der Waals surface area contributed by atoms with E-state index in [0.717, 1.165) is 5.56 Å². The van der Waals surface area contributed by atoms with Gasteiger partial charge in [0.15, 0.2) is 11.5 Å². The van der Waals surface area contributed by atoms with Crippen LogP contribution < -0.4 is 14.4 Å². The van der Waals surface area contributed by atoms with Crippen molar-refractivity contribution in [1.29, 1.82) is 0 Å². The Morgan fingerprint density at radius 2 is 2.00 bits per heavy atom. The van der Waals surface area contributed by atoms with Gasteiger partial charge in [0.05, 0.1) is 13.2 Å². The van der Waals surface area contributed by atoms with Gasteiger partial charge in [0.1, 0.15) is 12.4 Å². The molecular weight excluding hydrogens is 387 g/mol. The summed E-state index contributed by atoms with van der Waals surface area (Å²) in [7, 11) is 3.16. The molecule has 1 atom stereocenters. The maximum atomic E-state index is 13.4. The predicted octanol–water partition coefficient (Wildman–Crippen LogP) is 3.60. The molecule has 0 unspecified atom stereocenters. The van der Waals surface area contributed by atoms with Crippen LogP contribution in [0.2, 0.25) is 0 Å². The van der Waals surface area contributed by atoms with Crippen LogP contribution in [-0.2, 0) is 9.59 Å². The van der Waals surface area contributed by atoms with E-state index in [4.69, 9.17) is 9.47 Å². The molecule has 0 spiro atoms. The van der Waals surface area contributed by atoms with Crippen molar-refractivity contribution in [2.75, 3.05) is 32.1 Å². The Hall–Kier alpha value is -3.09. The zero-order valence-corrected chi connectivity index (χ0v) is 17.7. The van der Waals surface area contributed by atoms with Gasteiger partial charge < -0.3 is 19.3 Å². The number of nitrogens with zero attached hydrogens (tertiary/aromatic N) is 2. The maximum absolute atomic E-state index is 13.4. The first-order valence-corrected chi connectivity index (χ1v) is 9.93. The first-order valence-electron chi connectivity index (χ1n) is 9.93. The summed E-state index contributed by atoms with van der Waals surface area (Å²) in [5, 5.41) is 0. The zero-order chi connectivity index (χ0) is 21.8. The van der Waals surface area contributed by atoms with E-state index in [1.807, 2.05) is 32.0 Å². The number of carbonyl (C=O) groups is 2. The van der Waals surface area contributed by atoms with Crippen molar-refractivity contribution < 1.29 is 23.5 Å². The lowest BCUT2D eigenvalue weighted by Gasteiger charge is -2.22. The number of benzene rings is 2. The number of anilines is 1. The molecule has 30 heavy (non-hydrogen) atoms. The molecule has 0 bridgehead atoms. The van der Waals surface area contributed by atoms with Crippen LogP contribution >= 0.6 is 0 Å². The predicted molar refractivity (Wildman–Crippen MR) is 113 cm³/mol. The Morgan fingerprint density at radius 3 is 2.67 bits per heavy atom. The summed E-state index contributed by atoms with van der Waals surface area (Å²) >= 11 is 0. The number of hydrogen-bond acceptors (Lipinski definition) is 4. The smallest absolute Gasteiger partial charge is 0.246 e. The summed E-state index contributed by atoms with van der Waals surface area (Å²) in [4.78, 5) is 28.1. The highest BCUT2D eigenvalue weighted by Crippen LogP contribution is 2.35. The van der Waals surface area contributed by atoms with Crippen molar-refractivity contribution in [2.24, 2.45) is 0 Å². The van der Waals surface area contributed by atoms with E-state index in [9.17, 15) is 14.0 Å². The van der Waals surface area contributed by atoms with Crippen molar-refractivity contribution in [3.8, 4) is 11.5 Å². The summed E-state index contributed by atoms with van der Waals surface area (Å²) in [6, 6.07) is 11.5. The van der Waals surface area contributed by atoms with Gasteiger partial charge >= 0.3 is 0 Å². The fraction of sp³-hybridized carbons (Fsp3) is 0.391. The number of likely N-dealkylation sites (tertiary alicyclic amines) is 1. The quantitative estimate of drug-likeness (QED) is 0.695. The molecule has 7 heteroatoms. The number of rotatable bonds is 7. The molecule has 0 saturated carbocycles. The molecule has 0 radical (unpaired) electrons. The molecule has 3 rings (SSSR count). The van der Waals surface area contributed by atoms with Crippen LogP contribution in [0.1, 0.15) is 31.7 Å². The van der Waals surface area contributed by atoms with Crippen molar-refractivity contribution >= 4 is 17.5 Å². The summed E-state index contributed by atoms with van der Waals surface area (Å²) < 4.78 is 24.6. The van der Waals surface area contributed by atoms with E-state index in [2.05, 4.69) is 0 Å². The third-order valence-corrected chi connectivity index (χ3v) is 5.13. The molecule has 0 aromatic heterocycles. The van der Waals surface area contributed by atoms with Crippen molar-refractivity contribution in [3.05, 3.63) is 53.8 Å². The molecular formula is C23H27FN2O4. The molecule has 160 valence electrons. The van der Waals surface area contributed by atoms with Gasteiger partial charge in [-0.1, -0.05) is 12.1 Å². The summed E-state index contributed by atoms with van der Waals surface area (Å²) in [5.41, 5.74) is 1.42. The van der Waals surface area contributed by atoms with Crippen LogP contribution in [0.15, 0.2) is 42.5 Å². The first-order chi connectivity index (χ1) is 14.3. The van der Waals surface area contributed by atoms with Crippen LogP contribution in [0.25, 0.3) is 0 Å². The number of carbonyl (C=O) groups excluding carboxylic acids is 2. The van der Waals surface area contributed by atoms with Crippen LogP contribution in [0.4, 0.5) is 10.1 Å². The van der Waals surface area contributed by atoms with Gasteiger partial charge in [-0.25, -0.2) is 4.39 Å². The summed E-state index contributed by atoms with van der Waals surface area (Å²) in [6.07, 6.45) is 0.316. The highest BCUT2D eigenvalue weighted by atomic mass is 19.1. The Bertz CT molecular complexity index is 931. The van der Waals surface area contributed by atoms with Crippen LogP contribution in [0, 0.1) is 5.82 Å². The molecule has 1 aliphatic heterocycles. The number of likely N-dealkylation sites (N-methyl/N-ethyl adjacent to an activating group) is 1. The molecule has 1 saturated heterocycles. The summed E-state index contributed by atoms with van der Waals surface area (Å²) in [6.45, 7) is 4.27. The van der Waals surface area contributed by atoms with Crippen LogP contribution in [0.3, 0.4) is 0 Å². The van der Waals surface area contributed by atoms with E-state index in [1.165, 1.54) is 17.0 Å². The Balaban J connectivity index is 1.69. The largest absolute Gasteiger partial charge is 0.493 e. The van der Waals surface area contributed by atoms with E-state index in [-0.39, 0.29) is 30.4 Å². The number of amides is 2. The molecule has 0 N–H and O–H groups in total. The lowest BCUT2D eigenvalue weighted by molar-refractivity contribution is -0.132. The first kappa shape index (κ1) is 21.6. The van der Waals surface area contributed by atoms with Crippen molar-refractivity contribution in [1.82, 2.24) is 4.90 Å². The fourth-order valence-corrected chi connectivity index (χ4v) is 3.54. The van der Waals surface area contributed by atoms with Gasteiger partial charge in [-0.05, 0) is 49.7 Å². The van der Waals surface area contributed by atoms with Gasteiger partial charge in [-0.3, -0.25) is 9.59 Å². The maximum Gasteiger partial charge on any atom is 0.246 e. The van der Waals surface area contributed by atoms with E-state index >= 15 is 0 Å².